The van der Waals surface area contributed by atoms with E-state index in [2.05, 4.69) is 0 Å². The van der Waals surface area contributed by atoms with Gasteiger partial charge in [-0.05, 0) is 31.1 Å². The van der Waals surface area contributed by atoms with Gasteiger partial charge >= 0.3 is 0 Å². The summed E-state index contributed by atoms with van der Waals surface area (Å²) in [6.45, 7) is 0. The molecule has 2 saturated carbocycles. The van der Waals surface area contributed by atoms with Crippen LogP contribution in [-0.4, -0.2) is 13.7 Å². The number of hydrogen-bond donors (Lipinski definition) is 1. The Morgan fingerprint density at radius 1 is 1.00 bits per heavy atom. The lowest BCUT2D eigenvalue weighted by Crippen LogP contribution is -2.33. The van der Waals surface area contributed by atoms with Crippen molar-refractivity contribution in [2.75, 3.05) is 0 Å². The molecule has 0 aromatic rings. The van der Waals surface area contributed by atoms with Crippen molar-refractivity contribution in [3.8, 4) is 0 Å². The van der Waals surface area contributed by atoms with Gasteiger partial charge < -0.3 is 0 Å². The van der Waals surface area contributed by atoms with Crippen molar-refractivity contribution >= 4 is 10.0 Å². The maximum atomic E-state index is 11.1. The maximum absolute atomic E-state index is 11.1. The van der Waals surface area contributed by atoms with Gasteiger partial charge in [-0.25, -0.2) is 13.6 Å². The predicted octanol–water partition coefficient (Wildman–Crippen LogP) is 0.854. The summed E-state index contributed by atoms with van der Waals surface area (Å²) in [6, 6.07) is 0. The summed E-state index contributed by atoms with van der Waals surface area (Å²) in [6.07, 6.45) is 5.31. The van der Waals surface area contributed by atoms with Crippen molar-refractivity contribution in [2.24, 2.45) is 17.0 Å². The molecular weight excluding hydrogens is 174 g/mol. The molecule has 0 radical (unpaired) electrons. The van der Waals surface area contributed by atoms with Crippen LogP contribution in [-0.2, 0) is 10.0 Å². The first-order valence-electron chi connectivity index (χ1n) is 4.57. The third-order valence-electron chi connectivity index (χ3n) is 3.31. The summed E-state index contributed by atoms with van der Waals surface area (Å²) in [7, 11) is -3.25. The van der Waals surface area contributed by atoms with Crippen LogP contribution in [0.15, 0.2) is 0 Å². The molecule has 2 unspecified atom stereocenters. The normalized spacial score (nSPS) is 41.6. The average Bonchev–Trinajstić information content (AvgIpc) is 2.28. The molecule has 0 saturated heterocycles. The molecule has 0 spiro atoms. The van der Waals surface area contributed by atoms with Gasteiger partial charge in [-0.3, -0.25) is 0 Å². The van der Waals surface area contributed by atoms with E-state index in [1.165, 1.54) is 19.3 Å². The smallest absolute Gasteiger partial charge is 0.211 e. The first kappa shape index (κ1) is 8.51. The molecule has 2 bridgehead atoms. The molecule has 2 atom stereocenters. The Bertz CT molecular complexity index is 261. The Morgan fingerprint density at radius 2 is 1.50 bits per heavy atom. The third-order valence-corrected chi connectivity index (χ3v) is 4.62. The van der Waals surface area contributed by atoms with Crippen molar-refractivity contribution in [1.82, 2.24) is 0 Å². The molecule has 3 nitrogen and oxygen atoms in total. The fourth-order valence-electron chi connectivity index (χ4n) is 2.71. The molecule has 0 aromatic heterocycles. The van der Waals surface area contributed by atoms with Crippen LogP contribution in [0.5, 0.6) is 0 Å². The van der Waals surface area contributed by atoms with Crippen LogP contribution in [0.25, 0.3) is 0 Å². The highest BCUT2D eigenvalue weighted by molar-refractivity contribution is 7.89. The first-order chi connectivity index (χ1) is 5.55. The lowest BCUT2D eigenvalue weighted by Gasteiger charge is -2.25. The summed E-state index contributed by atoms with van der Waals surface area (Å²) in [5, 5.41) is 4.90. The highest BCUT2D eigenvalue weighted by Gasteiger charge is 2.38. The van der Waals surface area contributed by atoms with E-state index < -0.39 is 10.0 Å². The largest absolute Gasteiger partial charge is 0.228 e. The molecule has 0 aliphatic heterocycles. The first-order valence-corrected chi connectivity index (χ1v) is 6.18. The number of fused-ring (bicyclic) bond motifs is 2. The Labute approximate surface area is 73.4 Å². The SMILES string of the molecule is NS(=O)(=O)C1CC2CCC(C2)C1. The summed E-state index contributed by atoms with van der Waals surface area (Å²) in [5.41, 5.74) is 0. The van der Waals surface area contributed by atoms with Crippen molar-refractivity contribution in [2.45, 2.75) is 37.4 Å². The average molecular weight is 189 g/mol. The van der Waals surface area contributed by atoms with Crippen molar-refractivity contribution in [3.05, 3.63) is 0 Å². The third kappa shape index (κ3) is 1.50. The van der Waals surface area contributed by atoms with E-state index in [0.717, 1.165) is 12.8 Å². The van der Waals surface area contributed by atoms with Crippen molar-refractivity contribution in [1.29, 1.82) is 0 Å². The van der Waals surface area contributed by atoms with E-state index in [9.17, 15) is 8.42 Å². The molecule has 2 aliphatic rings. The second-order valence-electron chi connectivity index (χ2n) is 4.23. The van der Waals surface area contributed by atoms with Gasteiger partial charge in [0.25, 0.3) is 0 Å². The Morgan fingerprint density at radius 3 is 1.92 bits per heavy atom. The van der Waals surface area contributed by atoms with Crippen LogP contribution in [0.2, 0.25) is 0 Å². The number of hydrogen-bond acceptors (Lipinski definition) is 2. The van der Waals surface area contributed by atoms with Crippen LogP contribution < -0.4 is 5.14 Å². The van der Waals surface area contributed by atoms with Gasteiger partial charge in [0.05, 0.1) is 5.25 Å². The van der Waals surface area contributed by atoms with Gasteiger partial charge in [0.15, 0.2) is 0 Å². The minimum Gasteiger partial charge on any atom is -0.228 e. The molecule has 0 heterocycles. The maximum Gasteiger partial charge on any atom is 0.211 e. The van der Waals surface area contributed by atoms with Gasteiger partial charge in [-0.1, -0.05) is 12.8 Å². The minimum absolute atomic E-state index is 0.233. The van der Waals surface area contributed by atoms with E-state index >= 15 is 0 Å². The van der Waals surface area contributed by atoms with E-state index in [-0.39, 0.29) is 5.25 Å². The molecule has 2 N–H and O–H groups in total. The van der Waals surface area contributed by atoms with Crippen molar-refractivity contribution < 1.29 is 8.42 Å². The second-order valence-corrected chi connectivity index (χ2v) is 6.07. The van der Waals surface area contributed by atoms with Crippen LogP contribution >= 0.6 is 0 Å². The monoisotopic (exact) mass is 189 g/mol. The molecule has 2 aliphatic carbocycles. The molecule has 0 amide bonds. The lowest BCUT2D eigenvalue weighted by molar-refractivity contribution is 0.357. The topological polar surface area (TPSA) is 60.2 Å². The van der Waals surface area contributed by atoms with Crippen LogP contribution in [0.1, 0.15) is 32.1 Å². The van der Waals surface area contributed by atoms with Crippen LogP contribution in [0, 0.1) is 11.8 Å². The van der Waals surface area contributed by atoms with Crippen LogP contribution in [0.3, 0.4) is 0 Å². The highest BCUT2D eigenvalue weighted by atomic mass is 32.2. The summed E-state index contributed by atoms with van der Waals surface area (Å²) in [5.74, 6) is 1.29. The quantitative estimate of drug-likeness (QED) is 0.665. The van der Waals surface area contributed by atoms with E-state index in [0.29, 0.717) is 11.8 Å². The van der Waals surface area contributed by atoms with E-state index in [1.54, 1.807) is 0 Å². The molecule has 0 aromatic carbocycles. The number of nitrogens with two attached hydrogens (primary N) is 1. The molecule has 4 heteroatoms. The molecule has 12 heavy (non-hydrogen) atoms. The van der Waals surface area contributed by atoms with Crippen molar-refractivity contribution in [3.63, 3.8) is 0 Å². The summed E-state index contributed by atoms with van der Waals surface area (Å²) < 4.78 is 22.2. The molecular formula is C8H15NO2S. The van der Waals surface area contributed by atoms with Gasteiger partial charge in [-0.15, -0.1) is 0 Å². The fraction of sp³-hybridized carbons (Fsp3) is 1.00. The number of rotatable bonds is 1. The Balaban J connectivity index is 2.13. The van der Waals surface area contributed by atoms with Gasteiger partial charge in [0, 0.05) is 0 Å². The lowest BCUT2D eigenvalue weighted by atomic mass is 9.89. The van der Waals surface area contributed by atoms with E-state index in [4.69, 9.17) is 5.14 Å². The standard InChI is InChI=1S/C8H15NO2S/c9-12(10,11)8-4-6-1-2-7(3-6)5-8/h6-8H,1-5H2,(H2,9,10,11). The van der Waals surface area contributed by atoms with Gasteiger partial charge in [0.2, 0.25) is 10.0 Å². The number of primary sulfonamides is 1. The summed E-state index contributed by atoms with van der Waals surface area (Å²) >= 11 is 0. The zero-order valence-corrected chi connectivity index (χ0v) is 7.89. The second kappa shape index (κ2) is 2.70. The van der Waals surface area contributed by atoms with Gasteiger partial charge in [0.1, 0.15) is 0 Å². The molecule has 70 valence electrons. The molecule has 2 rings (SSSR count). The van der Waals surface area contributed by atoms with Crippen LogP contribution in [0.4, 0.5) is 0 Å². The Kier molecular flexibility index (Phi) is 1.92. The number of sulfonamides is 1. The van der Waals surface area contributed by atoms with E-state index in [1.807, 2.05) is 0 Å². The molecule has 2 fully saturated rings. The highest BCUT2D eigenvalue weighted by Crippen LogP contribution is 2.43. The predicted molar refractivity (Wildman–Crippen MR) is 47.0 cm³/mol. The zero-order chi connectivity index (χ0) is 8.77. The zero-order valence-electron chi connectivity index (χ0n) is 7.07. The van der Waals surface area contributed by atoms with Gasteiger partial charge in [-0.2, -0.15) is 0 Å². The summed E-state index contributed by atoms with van der Waals surface area (Å²) in [4.78, 5) is 0. The Hall–Kier alpha value is -0.0900. The fourth-order valence-corrected chi connectivity index (χ4v) is 3.80. The minimum atomic E-state index is -3.25.